The Morgan fingerprint density at radius 2 is 1.51 bits per heavy atom. The lowest BCUT2D eigenvalue weighted by atomic mass is 9.83. The van der Waals surface area contributed by atoms with E-state index in [0.29, 0.717) is 22.3 Å². The second-order valence-electron chi connectivity index (χ2n) is 8.60. The van der Waals surface area contributed by atoms with Crippen LogP contribution in [0.3, 0.4) is 0 Å². The van der Waals surface area contributed by atoms with Gasteiger partial charge in [0.25, 0.3) is 14.4 Å². The van der Waals surface area contributed by atoms with Gasteiger partial charge in [-0.15, -0.1) is 0 Å². The maximum Gasteiger partial charge on any atom is 0.259 e. The van der Waals surface area contributed by atoms with E-state index in [1.807, 2.05) is 0 Å². The van der Waals surface area contributed by atoms with Gasteiger partial charge in [-0.2, -0.15) is 5.26 Å². The average molecular weight is 496 g/mol. The Morgan fingerprint density at radius 3 is 2.11 bits per heavy atom. The minimum atomic E-state index is -1.39. The molecule has 0 fully saturated rings. The van der Waals surface area contributed by atoms with Crippen molar-refractivity contribution in [1.29, 1.82) is 5.26 Å². The molecule has 0 aromatic heterocycles. The first kappa shape index (κ1) is 26.7. The monoisotopic (exact) mass is 495 g/mol. The number of nitrogens with one attached hydrogen (secondary N) is 1. The van der Waals surface area contributed by atoms with E-state index in [1.165, 1.54) is 12.1 Å². The van der Waals surface area contributed by atoms with Crippen molar-refractivity contribution in [2.45, 2.75) is 46.2 Å². The van der Waals surface area contributed by atoms with E-state index in [2.05, 4.69) is 43.8 Å². The number of nitriles is 1. The van der Waals surface area contributed by atoms with E-state index >= 15 is 0 Å². The molecule has 0 saturated heterocycles. The smallest absolute Gasteiger partial charge is 0.259 e. The molecule has 35 heavy (non-hydrogen) atoms. The number of carbonyl (C=O) groups excluding carboxylic acids is 3. The van der Waals surface area contributed by atoms with Gasteiger partial charge in [0.1, 0.15) is 0 Å². The SMILES string of the molecule is CC(C)N(C(C)C)P(OCCC#N)OCCNC(=O)c1ccc2c(c1)C(=O)c1ccccc1C2=O. The predicted octanol–water partition coefficient (Wildman–Crippen LogP) is 4.48. The molecule has 2 aromatic carbocycles. The van der Waals surface area contributed by atoms with Crippen molar-refractivity contribution < 1.29 is 23.4 Å². The quantitative estimate of drug-likeness (QED) is 0.308. The first-order chi connectivity index (χ1) is 16.8. The topological polar surface area (TPSA) is 109 Å². The Bertz CT molecular complexity index is 1130. The molecule has 3 rings (SSSR count). The van der Waals surface area contributed by atoms with Crippen LogP contribution in [0.15, 0.2) is 42.5 Å². The summed E-state index contributed by atoms with van der Waals surface area (Å²) in [6.45, 7) is 8.92. The van der Waals surface area contributed by atoms with Crippen LogP contribution in [0.25, 0.3) is 0 Å². The number of ketones is 2. The second kappa shape index (κ2) is 12.1. The first-order valence-corrected chi connectivity index (χ1v) is 12.7. The highest BCUT2D eigenvalue weighted by atomic mass is 31.2. The number of hydrogen-bond donors (Lipinski definition) is 1. The van der Waals surface area contributed by atoms with Crippen molar-refractivity contribution in [3.8, 4) is 6.07 Å². The van der Waals surface area contributed by atoms with Crippen molar-refractivity contribution in [2.24, 2.45) is 0 Å². The van der Waals surface area contributed by atoms with Crippen LogP contribution >= 0.6 is 8.53 Å². The molecule has 2 aromatic rings. The van der Waals surface area contributed by atoms with Gasteiger partial charge in [0.05, 0.1) is 25.7 Å². The fraction of sp³-hybridized carbons (Fsp3) is 0.385. The summed E-state index contributed by atoms with van der Waals surface area (Å²) < 4.78 is 13.9. The molecular weight excluding hydrogens is 465 g/mol. The van der Waals surface area contributed by atoms with Crippen LogP contribution in [0.4, 0.5) is 0 Å². The molecule has 0 aliphatic heterocycles. The van der Waals surface area contributed by atoms with Gasteiger partial charge < -0.3 is 14.4 Å². The van der Waals surface area contributed by atoms with E-state index in [0.717, 1.165) is 0 Å². The molecule has 1 amide bonds. The van der Waals surface area contributed by atoms with Gasteiger partial charge in [-0.1, -0.05) is 24.3 Å². The summed E-state index contributed by atoms with van der Waals surface area (Å²) in [5.41, 5.74) is 1.56. The standard InChI is InChI=1S/C26H30N3O5P/c1-17(2)29(18(3)4)35(33-14-7-12-27)34-15-13-28-26(32)19-10-11-22-23(16-19)25(31)21-9-6-5-8-20(21)24(22)30/h5-6,8-11,16-18H,7,13-15H2,1-4H3,(H,28,32). The molecule has 0 spiro atoms. The minimum absolute atomic E-state index is 0.179. The van der Waals surface area contributed by atoms with Crippen molar-refractivity contribution in [1.82, 2.24) is 9.99 Å². The molecule has 1 aliphatic rings. The van der Waals surface area contributed by atoms with E-state index in [9.17, 15) is 14.4 Å². The highest BCUT2D eigenvalue weighted by molar-refractivity contribution is 7.44. The molecule has 0 bridgehead atoms. The van der Waals surface area contributed by atoms with Gasteiger partial charge in [-0.05, 0) is 45.9 Å². The van der Waals surface area contributed by atoms with Crippen LogP contribution in [-0.4, -0.2) is 54.0 Å². The molecule has 1 aliphatic carbocycles. The fourth-order valence-electron chi connectivity index (χ4n) is 3.94. The third-order valence-electron chi connectivity index (χ3n) is 5.44. The summed E-state index contributed by atoms with van der Waals surface area (Å²) >= 11 is 0. The zero-order chi connectivity index (χ0) is 25.5. The summed E-state index contributed by atoms with van der Waals surface area (Å²) in [6.07, 6.45) is 0.271. The third kappa shape index (κ3) is 6.19. The largest absolute Gasteiger partial charge is 0.350 e. The van der Waals surface area contributed by atoms with Crippen LogP contribution in [0.1, 0.15) is 76.3 Å². The predicted molar refractivity (Wildman–Crippen MR) is 133 cm³/mol. The molecule has 0 heterocycles. The van der Waals surface area contributed by atoms with Crippen LogP contribution in [0.2, 0.25) is 0 Å². The molecule has 9 heteroatoms. The van der Waals surface area contributed by atoms with E-state index < -0.39 is 8.53 Å². The molecular formula is C26H30N3O5P. The number of nitrogens with zero attached hydrogens (tertiary/aromatic N) is 2. The molecule has 1 N–H and O–H groups in total. The summed E-state index contributed by atoms with van der Waals surface area (Å²) in [7, 11) is -1.39. The summed E-state index contributed by atoms with van der Waals surface area (Å²) in [5.74, 6) is -0.856. The van der Waals surface area contributed by atoms with Gasteiger partial charge in [0.2, 0.25) is 0 Å². The van der Waals surface area contributed by atoms with Gasteiger partial charge >= 0.3 is 0 Å². The van der Waals surface area contributed by atoms with E-state index in [-0.39, 0.29) is 61.3 Å². The Hall–Kier alpha value is -2.95. The summed E-state index contributed by atoms with van der Waals surface area (Å²) in [6, 6.07) is 13.7. The highest BCUT2D eigenvalue weighted by Gasteiger charge is 2.30. The maximum absolute atomic E-state index is 12.9. The Balaban J connectivity index is 1.63. The number of rotatable bonds is 11. The number of amides is 1. The summed E-state index contributed by atoms with van der Waals surface area (Å²) in [4.78, 5) is 38.4. The minimum Gasteiger partial charge on any atom is -0.350 e. The Labute approximate surface area is 207 Å². The maximum atomic E-state index is 12.9. The van der Waals surface area contributed by atoms with Gasteiger partial charge in [0.15, 0.2) is 11.6 Å². The summed E-state index contributed by atoms with van der Waals surface area (Å²) in [5, 5.41) is 11.6. The highest BCUT2D eigenvalue weighted by Crippen LogP contribution is 2.45. The number of fused-ring (bicyclic) bond motifs is 2. The number of carbonyl (C=O) groups is 3. The molecule has 0 saturated carbocycles. The second-order valence-corrected chi connectivity index (χ2v) is 10.1. The van der Waals surface area contributed by atoms with Crippen LogP contribution < -0.4 is 5.32 Å². The van der Waals surface area contributed by atoms with Crippen molar-refractivity contribution >= 4 is 26.0 Å². The number of hydrogen-bond acceptors (Lipinski definition) is 7. The Morgan fingerprint density at radius 1 is 0.943 bits per heavy atom. The zero-order valence-electron chi connectivity index (χ0n) is 20.4. The van der Waals surface area contributed by atoms with Crippen LogP contribution in [0.5, 0.6) is 0 Å². The molecule has 8 nitrogen and oxygen atoms in total. The lowest BCUT2D eigenvalue weighted by Crippen LogP contribution is -2.34. The van der Waals surface area contributed by atoms with Crippen molar-refractivity contribution in [2.75, 3.05) is 19.8 Å². The zero-order valence-corrected chi connectivity index (χ0v) is 21.3. The first-order valence-electron chi connectivity index (χ1n) is 11.6. The van der Waals surface area contributed by atoms with Gasteiger partial charge in [-0.25, -0.2) is 4.67 Å². The average Bonchev–Trinajstić information content (AvgIpc) is 2.84. The number of benzene rings is 2. The van der Waals surface area contributed by atoms with Gasteiger partial charge in [-0.3, -0.25) is 14.4 Å². The third-order valence-corrected chi connectivity index (χ3v) is 7.55. The van der Waals surface area contributed by atoms with Crippen LogP contribution in [-0.2, 0) is 9.05 Å². The lowest BCUT2D eigenvalue weighted by molar-refractivity contribution is 0.0940. The van der Waals surface area contributed by atoms with E-state index in [1.54, 1.807) is 30.3 Å². The van der Waals surface area contributed by atoms with Crippen molar-refractivity contribution in [3.63, 3.8) is 0 Å². The lowest BCUT2D eigenvalue weighted by Gasteiger charge is -2.35. The van der Waals surface area contributed by atoms with E-state index in [4.69, 9.17) is 14.3 Å². The van der Waals surface area contributed by atoms with Gasteiger partial charge in [0, 0.05) is 46.4 Å². The molecule has 1 atom stereocenters. The molecule has 184 valence electrons. The van der Waals surface area contributed by atoms with Crippen molar-refractivity contribution in [3.05, 3.63) is 70.3 Å². The fourth-order valence-corrected chi connectivity index (χ4v) is 5.53. The molecule has 1 unspecified atom stereocenters. The normalized spacial score (nSPS) is 13.5. The van der Waals surface area contributed by atoms with Crippen LogP contribution in [0, 0.1) is 11.3 Å². The Kier molecular flexibility index (Phi) is 9.25. The molecule has 0 radical (unpaired) electrons.